The number of benzene rings is 1. The molecule has 0 spiro atoms. The van der Waals surface area contributed by atoms with Crippen LogP contribution in [-0.4, -0.2) is 40.1 Å². The molecule has 1 aliphatic carbocycles. The Morgan fingerprint density at radius 2 is 1.59 bits per heavy atom. The van der Waals surface area contributed by atoms with Crippen molar-refractivity contribution < 1.29 is 24.0 Å². The van der Waals surface area contributed by atoms with Crippen LogP contribution >= 0.6 is 0 Å². The third kappa shape index (κ3) is 8.64. The molecule has 7 nitrogen and oxygen atoms in total. The van der Waals surface area contributed by atoms with E-state index in [0.29, 0.717) is 5.56 Å². The van der Waals surface area contributed by atoms with Crippen LogP contribution in [0.4, 0.5) is 0 Å². The number of ketones is 4. The van der Waals surface area contributed by atoms with Crippen LogP contribution in [0.25, 0.3) is 10.8 Å². The predicted molar refractivity (Wildman–Crippen MR) is 160 cm³/mol. The van der Waals surface area contributed by atoms with Gasteiger partial charge in [0.05, 0.1) is 12.0 Å². The molecule has 1 aromatic heterocycles. The smallest absolute Gasteiger partial charge is 0.224 e. The van der Waals surface area contributed by atoms with Crippen molar-refractivity contribution in [3.8, 4) is 0 Å². The van der Waals surface area contributed by atoms with Gasteiger partial charge in [-0.1, -0.05) is 91.0 Å². The molecule has 2 aromatic rings. The van der Waals surface area contributed by atoms with Gasteiger partial charge in [-0.05, 0) is 29.6 Å². The van der Waals surface area contributed by atoms with E-state index in [1.54, 1.807) is 13.1 Å². The summed E-state index contributed by atoms with van der Waals surface area (Å²) in [6.45, 7) is 11.0. The number of hydrogen-bond acceptors (Lipinski definition) is 6. The lowest BCUT2D eigenvalue weighted by Gasteiger charge is -2.30. The Balaban J connectivity index is 1.66. The number of fused-ring (bicyclic) bond motifs is 1. The number of amides is 1. The lowest BCUT2D eigenvalue weighted by Crippen LogP contribution is -2.46. The summed E-state index contributed by atoms with van der Waals surface area (Å²) in [6, 6.07) is 6.64. The second-order valence-electron chi connectivity index (χ2n) is 13.2. The van der Waals surface area contributed by atoms with E-state index >= 15 is 0 Å². The van der Waals surface area contributed by atoms with E-state index in [0.717, 1.165) is 36.5 Å². The van der Waals surface area contributed by atoms with E-state index in [-0.39, 0.29) is 54.4 Å². The number of hydrogen-bond donors (Lipinski definition) is 1. The summed E-state index contributed by atoms with van der Waals surface area (Å²) >= 11 is 0. The summed E-state index contributed by atoms with van der Waals surface area (Å²) in [4.78, 5) is 70.2. The lowest BCUT2D eigenvalue weighted by atomic mass is 9.76. The Morgan fingerprint density at radius 1 is 0.927 bits per heavy atom. The van der Waals surface area contributed by atoms with Gasteiger partial charge in [0.1, 0.15) is 0 Å². The molecule has 3 atom stereocenters. The van der Waals surface area contributed by atoms with Gasteiger partial charge < -0.3 is 5.32 Å². The SMILES string of the molecule is CC(C)[C@H](CC(=O)[C@H](C)NC(=O)[C@@H](CC(=O)c1cncc2ccccc12)C(C)(C)C)C(=O)C(=O)CC1CCCCC1. The number of carbonyl (C=O) groups is 5. The molecule has 1 N–H and O–H groups in total. The van der Waals surface area contributed by atoms with E-state index in [1.807, 2.05) is 58.9 Å². The minimum atomic E-state index is -0.857. The molecule has 222 valence electrons. The third-order valence-corrected chi connectivity index (χ3v) is 8.60. The maximum atomic E-state index is 13.5. The van der Waals surface area contributed by atoms with E-state index in [2.05, 4.69) is 10.3 Å². The first-order chi connectivity index (χ1) is 19.3. The summed E-state index contributed by atoms with van der Waals surface area (Å²) in [5, 5.41) is 4.44. The number of Topliss-reactive ketones (excluding diaryl/α,β-unsaturated/α-hetero) is 4. The number of rotatable bonds is 13. The van der Waals surface area contributed by atoms with Crippen molar-refractivity contribution in [2.24, 2.45) is 29.1 Å². The normalized spacial score (nSPS) is 16.7. The minimum Gasteiger partial charge on any atom is -0.346 e. The van der Waals surface area contributed by atoms with E-state index in [4.69, 9.17) is 0 Å². The average molecular weight is 563 g/mol. The number of nitrogens with one attached hydrogen (secondary N) is 1. The summed E-state index contributed by atoms with van der Waals surface area (Å²) in [6.07, 6.45) is 8.67. The van der Waals surface area contributed by atoms with Gasteiger partial charge in [0.15, 0.2) is 17.3 Å². The molecule has 0 saturated heterocycles. The van der Waals surface area contributed by atoms with Crippen molar-refractivity contribution in [3.63, 3.8) is 0 Å². The maximum Gasteiger partial charge on any atom is 0.224 e. The van der Waals surface area contributed by atoms with Crippen molar-refractivity contribution in [2.45, 2.75) is 99.0 Å². The molecule has 0 radical (unpaired) electrons. The van der Waals surface area contributed by atoms with Gasteiger partial charge in [0.25, 0.3) is 0 Å². The number of aromatic nitrogens is 1. The topological polar surface area (TPSA) is 110 Å². The molecule has 0 unspecified atom stereocenters. The standard InChI is InChI=1S/C34H46N2O5/c1-21(2)26(32(40)31(39)16-23-12-8-7-9-13-23)17-29(37)22(3)36-33(41)28(34(4,5)6)18-30(38)27-20-35-19-24-14-10-11-15-25(24)27/h10-11,14-15,19-23,26,28H,7-9,12-13,16-18H2,1-6H3,(H,36,41)/t22-,26-,28+/m0/s1. The molecule has 1 heterocycles. The van der Waals surface area contributed by atoms with E-state index in [1.165, 1.54) is 12.6 Å². The van der Waals surface area contributed by atoms with Crippen LogP contribution in [0.2, 0.25) is 0 Å². The average Bonchev–Trinajstić information content (AvgIpc) is 2.93. The summed E-state index contributed by atoms with van der Waals surface area (Å²) in [7, 11) is 0. The Bertz CT molecular complexity index is 1260. The van der Waals surface area contributed by atoms with Gasteiger partial charge in [0, 0.05) is 48.5 Å². The second kappa shape index (κ2) is 14.1. The number of pyridine rings is 1. The van der Waals surface area contributed by atoms with Crippen LogP contribution in [0.1, 0.15) is 103 Å². The molecule has 7 heteroatoms. The van der Waals surface area contributed by atoms with Gasteiger partial charge >= 0.3 is 0 Å². The molecular weight excluding hydrogens is 516 g/mol. The fourth-order valence-corrected chi connectivity index (χ4v) is 5.81. The molecule has 1 fully saturated rings. The first kappa shape index (κ1) is 32.3. The van der Waals surface area contributed by atoms with E-state index < -0.39 is 29.1 Å². The quantitative estimate of drug-likeness (QED) is 0.226. The molecule has 1 aliphatic rings. The maximum absolute atomic E-state index is 13.5. The fourth-order valence-electron chi connectivity index (χ4n) is 5.81. The highest BCUT2D eigenvalue weighted by Crippen LogP contribution is 2.32. The van der Waals surface area contributed by atoms with Crippen molar-refractivity contribution in [3.05, 3.63) is 42.2 Å². The van der Waals surface area contributed by atoms with Gasteiger partial charge in [-0.3, -0.25) is 29.0 Å². The van der Waals surface area contributed by atoms with Crippen molar-refractivity contribution in [2.75, 3.05) is 0 Å². The van der Waals surface area contributed by atoms with Crippen LogP contribution in [0.5, 0.6) is 0 Å². The molecule has 1 amide bonds. The Kier molecular flexibility index (Phi) is 11.1. The summed E-state index contributed by atoms with van der Waals surface area (Å²) in [5.41, 5.74) is -0.0897. The van der Waals surface area contributed by atoms with Crippen LogP contribution in [0.3, 0.4) is 0 Å². The predicted octanol–water partition coefficient (Wildman–Crippen LogP) is 6.31. The Hall–Kier alpha value is -3.22. The van der Waals surface area contributed by atoms with Crippen LogP contribution in [-0.2, 0) is 19.2 Å². The van der Waals surface area contributed by atoms with Crippen molar-refractivity contribution in [1.29, 1.82) is 0 Å². The van der Waals surface area contributed by atoms with Gasteiger partial charge in [-0.2, -0.15) is 0 Å². The van der Waals surface area contributed by atoms with Crippen LogP contribution < -0.4 is 5.32 Å². The zero-order valence-electron chi connectivity index (χ0n) is 25.5. The van der Waals surface area contributed by atoms with Crippen molar-refractivity contribution >= 4 is 39.8 Å². The largest absolute Gasteiger partial charge is 0.346 e. The molecule has 1 saturated carbocycles. The minimum absolute atomic E-state index is 0.0330. The molecule has 0 aliphatic heterocycles. The van der Waals surface area contributed by atoms with E-state index in [9.17, 15) is 24.0 Å². The first-order valence-electron chi connectivity index (χ1n) is 15.1. The monoisotopic (exact) mass is 562 g/mol. The molecular formula is C34H46N2O5. The van der Waals surface area contributed by atoms with Gasteiger partial charge in [0.2, 0.25) is 11.7 Å². The zero-order valence-corrected chi connectivity index (χ0v) is 25.5. The number of nitrogens with zero attached hydrogens (tertiary/aromatic N) is 1. The highest BCUT2D eigenvalue weighted by molar-refractivity contribution is 6.38. The van der Waals surface area contributed by atoms with Crippen LogP contribution in [0.15, 0.2) is 36.7 Å². The highest BCUT2D eigenvalue weighted by atomic mass is 16.2. The first-order valence-corrected chi connectivity index (χ1v) is 15.1. The molecule has 1 aromatic carbocycles. The van der Waals surface area contributed by atoms with Crippen LogP contribution in [0, 0.1) is 29.1 Å². The van der Waals surface area contributed by atoms with Gasteiger partial charge in [-0.15, -0.1) is 0 Å². The van der Waals surface area contributed by atoms with Gasteiger partial charge in [-0.25, -0.2) is 0 Å². The Morgan fingerprint density at radius 3 is 2.22 bits per heavy atom. The Labute approximate surface area is 244 Å². The third-order valence-electron chi connectivity index (χ3n) is 8.60. The highest BCUT2D eigenvalue weighted by Gasteiger charge is 2.37. The second-order valence-corrected chi connectivity index (χ2v) is 13.2. The fraction of sp³-hybridized carbons (Fsp3) is 0.588. The zero-order chi connectivity index (χ0) is 30.3. The summed E-state index contributed by atoms with van der Waals surface area (Å²) in [5.74, 6) is -3.06. The molecule has 3 rings (SSSR count). The molecule has 0 bridgehead atoms. The molecule has 41 heavy (non-hydrogen) atoms. The summed E-state index contributed by atoms with van der Waals surface area (Å²) < 4.78 is 0. The lowest BCUT2D eigenvalue weighted by molar-refractivity contribution is -0.142. The number of carbonyl (C=O) groups excluding carboxylic acids is 5. The van der Waals surface area contributed by atoms with Crippen molar-refractivity contribution in [1.82, 2.24) is 10.3 Å².